The molecule has 1 aliphatic carbocycles. The fourth-order valence-corrected chi connectivity index (χ4v) is 3.81. The van der Waals surface area contributed by atoms with Gasteiger partial charge in [0.15, 0.2) is 16.6 Å². The molecule has 116 valence electrons. The molecule has 1 aromatic heterocycles. The van der Waals surface area contributed by atoms with Gasteiger partial charge in [-0.1, -0.05) is 25.2 Å². The number of hydrogen-bond donors (Lipinski definition) is 1. The first kappa shape index (κ1) is 13.8. The maximum Gasteiger partial charge on any atom is 0.232 e. The SMILES string of the molecule is CC(C)C1(C(=O)Nc2nc3cc4c(cc3s2)OCCO4)CC1. The van der Waals surface area contributed by atoms with Gasteiger partial charge in [0.1, 0.15) is 13.2 Å². The number of anilines is 1. The van der Waals surface area contributed by atoms with Crippen molar-refractivity contribution in [2.75, 3.05) is 18.5 Å². The summed E-state index contributed by atoms with van der Waals surface area (Å²) in [5.41, 5.74) is 0.641. The minimum absolute atomic E-state index is 0.0961. The fourth-order valence-electron chi connectivity index (χ4n) is 2.94. The van der Waals surface area contributed by atoms with Gasteiger partial charge < -0.3 is 14.8 Å². The molecule has 2 aromatic rings. The van der Waals surface area contributed by atoms with E-state index in [-0.39, 0.29) is 11.3 Å². The van der Waals surface area contributed by atoms with Crippen LogP contribution in [0.2, 0.25) is 0 Å². The van der Waals surface area contributed by atoms with E-state index in [1.165, 1.54) is 11.3 Å². The molecule has 0 saturated heterocycles. The summed E-state index contributed by atoms with van der Waals surface area (Å²) in [7, 11) is 0. The van der Waals surface area contributed by atoms with Crippen LogP contribution in [-0.2, 0) is 4.79 Å². The quantitative estimate of drug-likeness (QED) is 0.941. The van der Waals surface area contributed by atoms with Crippen LogP contribution in [0.1, 0.15) is 26.7 Å². The van der Waals surface area contributed by atoms with Crippen LogP contribution in [-0.4, -0.2) is 24.1 Å². The molecule has 1 aliphatic heterocycles. The Morgan fingerprint density at radius 3 is 2.59 bits per heavy atom. The van der Waals surface area contributed by atoms with E-state index in [0.717, 1.165) is 34.6 Å². The molecule has 2 heterocycles. The van der Waals surface area contributed by atoms with E-state index < -0.39 is 0 Å². The van der Waals surface area contributed by atoms with Crippen LogP contribution in [0.25, 0.3) is 10.2 Å². The summed E-state index contributed by atoms with van der Waals surface area (Å²) >= 11 is 1.48. The first-order valence-corrected chi connectivity index (χ1v) is 8.42. The summed E-state index contributed by atoms with van der Waals surface area (Å²) in [5.74, 6) is 1.93. The Balaban J connectivity index is 1.62. The number of ether oxygens (including phenoxy) is 2. The molecule has 1 N–H and O–H groups in total. The van der Waals surface area contributed by atoms with Crippen LogP contribution >= 0.6 is 11.3 Å². The van der Waals surface area contributed by atoms with Gasteiger partial charge in [-0.2, -0.15) is 0 Å². The molecule has 0 atom stereocenters. The van der Waals surface area contributed by atoms with Crippen molar-refractivity contribution >= 4 is 32.6 Å². The van der Waals surface area contributed by atoms with Crippen molar-refractivity contribution in [1.29, 1.82) is 0 Å². The molecule has 1 fully saturated rings. The van der Waals surface area contributed by atoms with Crippen molar-refractivity contribution < 1.29 is 14.3 Å². The van der Waals surface area contributed by atoms with Gasteiger partial charge in [-0.3, -0.25) is 4.79 Å². The summed E-state index contributed by atoms with van der Waals surface area (Å²) in [4.78, 5) is 17.0. The Labute approximate surface area is 132 Å². The molecule has 4 rings (SSSR count). The normalized spacial score (nSPS) is 18.5. The number of nitrogens with zero attached hydrogens (tertiary/aromatic N) is 1. The van der Waals surface area contributed by atoms with Gasteiger partial charge in [-0.15, -0.1) is 0 Å². The van der Waals surface area contributed by atoms with Crippen molar-refractivity contribution in [3.05, 3.63) is 12.1 Å². The summed E-state index contributed by atoms with van der Waals surface area (Å²) in [6, 6.07) is 3.82. The van der Waals surface area contributed by atoms with Gasteiger partial charge >= 0.3 is 0 Å². The van der Waals surface area contributed by atoms with E-state index in [1.807, 2.05) is 12.1 Å². The minimum Gasteiger partial charge on any atom is -0.486 e. The molecule has 2 aliphatic rings. The smallest absolute Gasteiger partial charge is 0.232 e. The number of thiazole rings is 1. The largest absolute Gasteiger partial charge is 0.486 e. The molecular formula is C16H18N2O3S. The molecule has 22 heavy (non-hydrogen) atoms. The second kappa shape index (κ2) is 4.84. The molecule has 0 radical (unpaired) electrons. The Morgan fingerprint density at radius 1 is 1.27 bits per heavy atom. The van der Waals surface area contributed by atoms with Gasteiger partial charge in [-0.05, 0) is 18.8 Å². The van der Waals surface area contributed by atoms with Crippen molar-refractivity contribution in [2.45, 2.75) is 26.7 Å². The van der Waals surface area contributed by atoms with Crippen molar-refractivity contribution in [2.24, 2.45) is 11.3 Å². The lowest BCUT2D eigenvalue weighted by atomic mass is 9.92. The van der Waals surface area contributed by atoms with Crippen LogP contribution in [0.15, 0.2) is 12.1 Å². The van der Waals surface area contributed by atoms with E-state index in [4.69, 9.17) is 9.47 Å². The van der Waals surface area contributed by atoms with Crippen LogP contribution < -0.4 is 14.8 Å². The lowest BCUT2D eigenvalue weighted by Gasteiger charge is -2.17. The average Bonchev–Trinajstić information content (AvgIpc) is 3.22. The minimum atomic E-state index is -0.191. The summed E-state index contributed by atoms with van der Waals surface area (Å²) in [5, 5.41) is 3.64. The number of rotatable bonds is 3. The number of nitrogens with one attached hydrogen (secondary N) is 1. The van der Waals surface area contributed by atoms with Crippen molar-refractivity contribution in [3.63, 3.8) is 0 Å². The van der Waals surface area contributed by atoms with Crippen LogP contribution in [0, 0.1) is 11.3 Å². The Bertz CT molecular complexity index is 706. The van der Waals surface area contributed by atoms with E-state index in [2.05, 4.69) is 24.1 Å². The van der Waals surface area contributed by atoms with E-state index in [9.17, 15) is 4.79 Å². The van der Waals surface area contributed by atoms with Gasteiger partial charge in [0.2, 0.25) is 5.91 Å². The maximum atomic E-state index is 12.5. The number of amides is 1. The molecule has 0 bridgehead atoms. The zero-order valence-electron chi connectivity index (χ0n) is 12.6. The first-order valence-electron chi connectivity index (χ1n) is 7.60. The number of hydrogen-bond acceptors (Lipinski definition) is 5. The van der Waals surface area contributed by atoms with Gasteiger partial charge in [0.25, 0.3) is 0 Å². The van der Waals surface area contributed by atoms with E-state index in [0.29, 0.717) is 24.3 Å². The summed E-state index contributed by atoms with van der Waals surface area (Å²) in [6.45, 7) is 5.34. The highest BCUT2D eigenvalue weighted by atomic mass is 32.1. The number of carbonyl (C=O) groups excluding carboxylic acids is 1. The molecule has 1 saturated carbocycles. The van der Waals surface area contributed by atoms with Crippen molar-refractivity contribution in [3.8, 4) is 11.5 Å². The third-order valence-corrected chi connectivity index (χ3v) is 5.55. The fraction of sp³-hybridized carbons (Fsp3) is 0.500. The summed E-state index contributed by atoms with van der Waals surface area (Å²) in [6.07, 6.45) is 1.94. The highest BCUT2D eigenvalue weighted by Crippen LogP contribution is 2.52. The molecule has 5 nitrogen and oxygen atoms in total. The molecule has 6 heteroatoms. The lowest BCUT2D eigenvalue weighted by Crippen LogP contribution is -2.28. The molecule has 1 amide bonds. The van der Waals surface area contributed by atoms with Crippen molar-refractivity contribution in [1.82, 2.24) is 4.98 Å². The zero-order valence-corrected chi connectivity index (χ0v) is 13.5. The highest BCUT2D eigenvalue weighted by Gasteiger charge is 2.52. The number of carbonyl (C=O) groups is 1. The Morgan fingerprint density at radius 2 is 1.95 bits per heavy atom. The first-order chi connectivity index (χ1) is 10.6. The van der Waals surface area contributed by atoms with Crippen LogP contribution in [0.3, 0.4) is 0 Å². The van der Waals surface area contributed by atoms with Crippen LogP contribution in [0.5, 0.6) is 11.5 Å². The Kier molecular flexibility index (Phi) is 3.04. The lowest BCUT2D eigenvalue weighted by molar-refractivity contribution is -0.122. The predicted octanol–water partition coefficient (Wildman–Crippen LogP) is 3.44. The number of aromatic nitrogens is 1. The monoisotopic (exact) mass is 318 g/mol. The number of fused-ring (bicyclic) bond motifs is 2. The number of benzene rings is 1. The van der Waals surface area contributed by atoms with Gasteiger partial charge in [0, 0.05) is 12.1 Å². The third kappa shape index (κ3) is 2.13. The predicted molar refractivity (Wildman–Crippen MR) is 85.7 cm³/mol. The second-order valence-corrected chi connectivity index (χ2v) is 7.28. The third-order valence-electron chi connectivity index (χ3n) is 4.62. The van der Waals surface area contributed by atoms with Crippen LogP contribution in [0.4, 0.5) is 5.13 Å². The second-order valence-electron chi connectivity index (χ2n) is 6.25. The summed E-state index contributed by atoms with van der Waals surface area (Å²) < 4.78 is 12.1. The van der Waals surface area contributed by atoms with Gasteiger partial charge in [-0.25, -0.2) is 4.98 Å². The topological polar surface area (TPSA) is 60.5 Å². The van der Waals surface area contributed by atoms with E-state index >= 15 is 0 Å². The zero-order chi connectivity index (χ0) is 15.3. The molecule has 1 aromatic carbocycles. The average molecular weight is 318 g/mol. The maximum absolute atomic E-state index is 12.5. The van der Waals surface area contributed by atoms with E-state index in [1.54, 1.807) is 0 Å². The molecular weight excluding hydrogens is 300 g/mol. The molecule has 0 spiro atoms. The van der Waals surface area contributed by atoms with Gasteiger partial charge in [0.05, 0.1) is 15.6 Å². The molecule has 0 unspecified atom stereocenters. The highest BCUT2D eigenvalue weighted by molar-refractivity contribution is 7.22. The standard InChI is InChI=1S/C16H18N2O3S/c1-9(2)16(3-4-16)14(19)18-15-17-10-7-11-12(8-13(10)22-15)21-6-5-20-11/h7-9H,3-6H2,1-2H3,(H,17,18,19). The Hall–Kier alpha value is -1.82.